The summed E-state index contributed by atoms with van der Waals surface area (Å²) in [6.45, 7) is 19.5. The number of aromatic amines is 1. The fourth-order valence-electron chi connectivity index (χ4n) is 5.67. The fourth-order valence-corrected chi connectivity index (χ4v) is 11.7. The molecule has 4 rings (SSSR count). The first-order valence-electron chi connectivity index (χ1n) is 15.0. The number of nitrogens with zero attached hydrogens (tertiary/aromatic N) is 1. The molecule has 6 atom stereocenters. The molecule has 1 saturated heterocycles. The van der Waals surface area contributed by atoms with Crippen molar-refractivity contribution in [3.8, 4) is 5.75 Å². The lowest BCUT2D eigenvalue weighted by molar-refractivity contribution is -0.0782. The predicted octanol–water partition coefficient (Wildman–Crippen LogP) is 5.34. The number of aliphatic hydroxyl groups is 2. The molecular weight excluding hydrogens is 631 g/mol. The second-order valence-corrected chi connectivity index (χ2v) is 27.6. The highest BCUT2D eigenvalue weighted by atomic mass is 31.2. The van der Waals surface area contributed by atoms with Gasteiger partial charge in [-0.2, -0.15) is 0 Å². The summed E-state index contributed by atoms with van der Waals surface area (Å²) in [6, 6.07) is 13.4. The maximum Gasteiger partial charge on any atom is 0.527 e. The van der Waals surface area contributed by atoms with Crippen LogP contribution in [0, 0.1) is 0 Å². The number of aliphatic hydroxyl groups excluding tert-OH is 1. The first-order chi connectivity index (χ1) is 20.5. The van der Waals surface area contributed by atoms with Gasteiger partial charge in [-0.1, -0.05) is 104 Å². The summed E-state index contributed by atoms with van der Waals surface area (Å²) in [6.07, 6.45) is -3.22. The summed E-state index contributed by atoms with van der Waals surface area (Å²) in [5, 5.41) is 23.5. The van der Waals surface area contributed by atoms with Crippen LogP contribution in [0.25, 0.3) is 10.8 Å². The second-order valence-electron chi connectivity index (χ2n) is 15.2. The minimum Gasteiger partial charge on any atom is -0.403 e. The van der Waals surface area contributed by atoms with Gasteiger partial charge in [0.25, 0.3) is 5.56 Å². The van der Waals surface area contributed by atoms with E-state index in [2.05, 4.69) is 4.98 Å². The van der Waals surface area contributed by atoms with Gasteiger partial charge in [0, 0.05) is 17.6 Å². The van der Waals surface area contributed by atoms with E-state index in [1.54, 1.807) is 24.3 Å². The average molecular weight is 679 g/mol. The number of hydrogen-bond acceptors (Lipinski definition) is 8. The molecule has 2 heterocycles. The molecule has 45 heavy (non-hydrogen) atoms. The van der Waals surface area contributed by atoms with E-state index in [-0.39, 0.29) is 10.8 Å². The predicted molar refractivity (Wildman–Crippen MR) is 180 cm³/mol. The van der Waals surface area contributed by atoms with E-state index in [4.69, 9.17) is 13.8 Å². The molecule has 0 amide bonds. The Morgan fingerprint density at radius 1 is 0.978 bits per heavy atom. The van der Waals surface area contributed by atoms with Gasteiger partial charge in [-0.25, -0.2) is 9.36 Å². The van der Waals surface area contributed by atoms with Crippen molar-refractivity contribution in [2.45, 2.75) is 107 Å². The van der Waals surface area contributed by atoms with E-state index in [1.165, 1.54) is 6.20 Å². The van der Waals surface area contributed by atoms with E-state index in [0.29, 0.717) is 5.39 Å². The first-order valence-corrected chi connectivity index (χ1v) is 22.6. The number of rotatable bonds is 8. The molecule has 2 aromatic carbocycles. The van der Waals surface area contributed by atoms with Crippen molar-refractivity contribution in [3.05, 3.63) is 75.6 Å². The molecule has 1 aliphatic heterocycles. The van der Waals surface area contributed by atoms with Crippen LogP contribution in [0.3, 0.4) is 0 Å². The zero-order valence-corrected chi connectivity index (χ0v) is 30.6. The number of fused-ring (bicyclic) bond motifs is 1. The Balaban J connectivity index is 1.95. The third kappa shape index (κ3) is 6.21. The average Bonchev–Trinajstić information content (AvgIpc) is 3.19. The molecule has 11 nitrogen and oxygen atoms in total. The lowest BCUT2D eigenvalue weighted by Gasteiger charge is -2.51. The smallest absolute Gasteiger partial charge is 0.403 e. The van der Waals surface area contributed by atoms with Gasteiger partial charge in [0.2, 0.25) is 0 Å². The van der Waals surface area contributed by atoms with Crippen LogP contribution in [0.2, 0.25) is 36.3 Å². The van der Waals surface area contributed by atoms with E-state index < -0.39 is 69.6 Å². The van der Waals surface area contributed by atoms with Gasteiger partial charge in [0.15, 0.2) is 6.23 Å². The maximum atomic E-state index is 14.0. The molecule has 2 unspecified atom stereocenters. The molecular formula is C31H47N2O9PSi2. The van der Waals surface area contributed by atoms with Gasteiger partial charge in [-0.3, -0.25) is 23.8 Å². The van der Waals surface area contributed by atoms with Crippen molar-refractivity contribution >= 4 is 34.7 Å². The second kappa shape index (κ2) is 11.7. The third-order valence-electron chi connectivity index (χ3n) is 10.6. The summed E-state index contributed by atoms with van der Waals surface area (Å²) in [5.74, 6) is 0.101. The molecule has 0 radical (unpaired) electrons. The Morgan fingerprint density at radius 3 is 2.16 bits per heavy atom. The van der Waals surface area contributed by atoms with Crippen LogP contribution in [0.5, 0.6) is 5.75 Å². The summed E-state index contributed by atoms with van der Waals surface area (Å²) in [4.78, 5) is 38.8. The van der Waals surface area contributed by atoms with Gasteiger partial charge in [-0.15, -0.1) is 0 Å². The molecule has 0 aliphatic carbocycles. The summed E-state index contributed by atoms with van der Waals surface area (Å²) in [7, 11) is -11.0. The minimum absolute atomic E-state index is 0.101. The van der Waals surface area contributed by atoms with Gasteiger partial charge >= 0.3 is 13.5 Å². The quantitative estimate of drug-likeness (QED) is 0.182. The first kappa shape index (κ1) is 35.5. The van der Waals surface area contributed by atoms with Crippen LogP contribution in [-0.4, -0.2) is 64.0 Å². The Labute approximate surface area is 265 Å². The maximum absolute atomic E-state index is 14.0. The molecule has 1 aromatic heterocycles. The van der Waals surface area contributed by atoms with Crippen molar-refractivity contribution in [2.75, 3.05) is 0 Å². The molecule has 4 N–H and O–H groups in total. The van der Waals surface area contributed by atoms with Crippen molar-refractivity contribution < 1.29 is 33.5 Å². The minimum atomic E-state index is -5.04. The van der Waals surface area contributed by atoms with Gasteiger partial charge in [0.05, 0.1) is 21.9 Å². The number of H-pyrrole nitrogens is 1. The highest BCUT2D eigenvalue weighted by molar-refractivity contribution is 7.47. The standard InChI is InChI=1S/C31H47N2O9PSi2/c1-29(2,3)44(7,8)26(35)24-25(42-43(38,39)41-22-17-13-15-20-14-11-12-16-21(20)22)31(37,45(9,10)30(4,5)6)27(40-24)33-19-18-23(34)32-28(33)36/h11-19,24-27,35,37H,1-10H3,(H,38,39)(H,32,34,36)/t24-,25+,26?,27+,31-/m0/s1. The van der Waals surface area contributed by atoms with E-state index in [9.17, 15) is 29.3 Å². The van der Waals surface area contributed by atoms with Crippen LogP contribution in [-0.2, 0) is 13.8 Å². The summed E-state index contributed by atoms with van der Waals surface area (Å²) in [5.41, 5.74) is -2.70. The Hall–Kier alpha value is -2.36. The van der Waals surface area contributed by atoms with Crippen LogP contribution in [0.4, 0.5) is 0 Å². The van der Waals surface area contributed by atoms with E-state index >= 15 is 0 Å². The van der Waals surface area contributed by atoms with Crippen molar-refractivity contribution in [1.29, 1.82) is 0 Å². The number of aromatic nitrogens is 2. The SMILES string of the molecule is CC(C)(C)[Si](C)(C)C(O)[C@H]1O[C@@H](n2ccc(=O)[nH]c2=O)[C@@](O)([Si](C)(C)C(C)(C)C)[C@@H]1OP(=O)(O)Oc1cccc2ccccc12. The largest absolute Gasteiger partial charge is 0.527 e. The van der Waals surface area contributed by atoms with E-state index in [0.717, 1.165) is 16.0 Å². The fraction of sp³-hybridized carbons (Fsp3) is 0.548. The number of nitrogens with one attached hydrogen (secondary N) is 1. The van der Waals surface area contributed by atoms with E-state index in [1.807, 2.05) is 85.9 Å². The number of phosphoric ester groups is 1. The lowest BCUT2D eigenvalue weighted by atomic mass is 10.1. The Kier molecular flexibility index (Phi) is 9.24. The highest BCUT2D eigenvalue weighted by Crippen LogP contribution is 2.59. The van der Waals surface area contributed by atoms with Crippen molar-refractivity contribution in [3.63, 3.8) is 0 Å². The zero-order valence-electron chi connectivity index (χ0n) is 27.7. The normalized spacial score (nSPS) is 25.2. The number of benzene rings is 2. The van der Waals surface area contributed by atoms with Gasteiger partial charge in [-0.05, 0) is 21.5 Å². The number of ether oxygens (including phenoxy) is 1. The Bertz CT molecular complexity index is 1720. The summed E-state index contributed by atoms with van der Waals surface area (Å²) < 4.78 is 33.2. The molecule has 0 spiro atoms. The molecule has 14 heteroatoms. The van der Waals surface area contributed by atoms with Crippen LogP contribution in [0.1, 0.15) is 47.8 Å². The van der Waals surface area contributed by atoms with Crippen LogP contribution in [0.15, 0.2) is 64.3 Å². The van der Waals surface area contributed by atoms with Crippen LogP contribution >= 0.6 is 7.82 Å². The van der Waals surface area contributed by atoms with Gasteiger partial charge in [0.1, 0.15) is 23.2 Å². The molecule has 3 aromatic rings. The summed E-state index contributed by atoms with van der Waals surface area (Å²) >= 11 is 0. The molecule has 0 saturated carbocycles. The topological polar surface area (TPSA) is 160 Å². The zero-order chi connectivity index (χ0) is 34.0. The van der Waals surface area contributed by atoms with Crippen molar-refractivity contribution in [1.82, 2.24) is 9.55 Å². The van der Waals surface area contributed by atoms with Gasteiger partial charge < -0.3 is 19.5 Å². The third-order valence-corrected chi connectivity index (χ3v) is 23.4. The molecule has 1 fully saturated rings. The van der Waals surface area contributed by atoms with Crippen molar-refractivity contribution in [2.24, 2.45) is 0 Å². The molecule has 248 valence electrons. The molecule has 0 bridgehead atoms. The lowest BCUT2D eigenvalue weighted by Crippen LogP contribution is -2.69. The monoisotopic (exact) mass is 678 g/mol. The number of phosphoric acid groups is 1. The number of hydrogen-bond donors (Lipinski definition) is 4. The van der Waals surface area contributed by atoms with Crippen LogP contribution < -0.4 is 15.8 Å². The Morgan fingerprint density at radius 2 is 1.58 bits per heavy atom. The highest BCUT2D eigenvalue weighted by Gasteiger charge is 2.71. The molecule has 1 aliphatic rings.